The summed E-state index contributed by atoms with van der Waals surface area (Å²) in [7, 11) is 0. The van der Waals surface area contributed by atoms with Gasteiger partial charge >= 0.3 is 0 Å². The lowest BCUT2D eigenvalue weighted by Gasteiger charge is -2.28. The fraction of sp³-hybridized carbons (Fsp3) is 0.600. The zero-order chi connectivity index (χ0) is 12.8. The Morgan fingerprint density at radius 2 is 1.65 bits per heavy atom. The van der Waals surface area contributed by atoms with E-state index in [2.05, 4.69) is 44.7 Å². The molecule has 2 heteroatoms. The van der Waals surface area contributed by atoms with Crippen LogP contribution < -0.4 is 10.6 Å². The average Bonchev–Trinajstić information content (AvgIpc) is 2.24. The van der Waals surface area contributed by atoms with Gasteiger partial charge in [-0.2, -0.15) is 0 Å². The van der Waals surface area contributed by atoms with Gasteiger partial charge in [0.15, 0.2) is 0 Å². The van der Waals surface area contributed by atoms with E-state index in [1.165, 1.54) is 35.2 Å². The summed E-state index contributed by atoms with van der Waals surface area (Å²) in [4.78, 5) is 2.44. The molecule has 0 amide bonds. The van der Waals surface area contributed by atoms with Gasteiger partial charge in [-0.1, -0.05) is 31.0 Å². The lowest BCUT2D eigenvalue weighted by atomic mass is 10.0. The number of nitrogens with zero attached hydrogens (tertiary/aromatic N) is 1. The van der Waals surface area contributed by atoms with Crippen molar-refractivity contribution in [3.63, 3.8) is 0 Å². The fourth-order valence-electron chi connectivity index (χ4n) is 2.51. The summed E-state index contributed by atoms with van der Waals surface area (Å²) >= 11 is 0. The molecule has 0 aliphatic rings. The Hall–Kier alpha value is -1.02. The Balaban J connectivity index is 3.00. The highest BCUT2D eigenvalue weighted by Gasteiger charge is 2.11. The van der Waals surface area contributed by atoms with Gasteiger partial charge in [-0.05, 0) is 38.3 Å². The molecule has 0 aromatic heterocycles. The predicted molar refractivity (Wildman–Crippen MR) is 76.8 cm³/mol. The lowest BCUT2D eigenvalue weighted by molar-refractivity contribution is 0.712. The summed E-state index contributed by atoms with van der Waals surface area (Å²) in [5.41, 5.74) is 11.2. The molecule has 0 bridgehead atoms. The molecule has 96 valence electrons. The first-order chi connectivity index (χ1) is 8.10. The minimum absolute atomic E-state index is 0.719. The Bertz CT molecular complexity index is 335. The minimum atomic E-state index is 0.719. The number of aryl methyl sites for hydroxylation is 3. The molecule has 0 atom stereocenters. The number of unbranched alkanes of at least 4 members (excludes halogenated alkanes) is 1. The van der Waals surface area contributed by atoms with E-state index in [9.17, 15) is 0 Å². The first-order valence-corrected chi connectivity index (χ1v) is 6.63. The summed E-state index contributed by atoms with van der Waals surface area (Å²) in [6, 6.07) is 4.52. The number of benzene rings is 1. The summed E-state index contributed by atoms with van der Waals surface area (Å²) in [5, 5.41) is 0. The zero-order valence-electron chi connectivity index (χ0n) is 11.7. The van der Waals surface area contributed by atoms with Gasteiger partial charge in [-0.15, -0.1) is 0 Å². The van der Waals surface area contributed by atoms with E-state index >= 15 is 0 Å². The van der Waals surface area contributed by atoms with Crippen LogP contribution in [-0.2, 0) is 0 Å². The van der Waals surface area contributed by atoms with Crippen LogP contribution in [0.15, 0.2) is 12.1 Å². The molecule has 0 saturated carbocycles. The third-order valence-corrected chi connectivity index (χ3v) is 3.13. The molecule has 2 nitrogen and oxygen atoms in total. The summed E-state index contributed by atoms with van der Waals surface area (Å²) in [5.74, 6) is 0. The molecular weight excluding hydrogens is 208 g/mol. The van der Waals surface area contributed by atoms with Crippen LogP contribution in [0.5, 0.6) is 0 Å². The van der Waals surface area contributed by atoms with Crippen LogP contribution in [0.4, 0.5) is 5.69 Å². The maximum atomic E-state index is 5.73. The topological polar surface area (TPSA) is 29.3 Å². The third-order valence-electron chi connectivity index (χ3n) is 3.13. The summed E-state index contributed by atoms with van der Waals surface area (Å²) < 4.78 is 0. The molecule has 1 rings (SSSR count). The van der Waals surface area contributed by atoms with E-state index in [-0.39, 0.29) is 0 Å². The fourth-order valence-corrected chi connectivity index (χ4v) is 2.51. The molecule has 0 aliphatic carbocycles. The number of anilines is 1. The monoisotopic (exact) mass is 234 g/mol. The standard InChI is InChI=1S/C15H26N2/c1-5-6-8-17(9-7-16)15-13(3)10-12(2)11-14(15)4/h10-11H,5-9,16H2,1-4H3. The Morgan fingerprint density at radius 1 is 1.06 bits per heavy atom. The smallest absolute Gasteiger partial charge is 0.0426 e. The molecule has 17 heavy (non-hydrogen) atoms. The number of hydrogen-bond donors (Lipinski definition) is 1. The second-order valence-electron chi connectivity index (χ2n) is 4.88. The summed E-state index contributed by atoms with van der Waals surface area (Å²) in [6.45, 7) is 11.6. The Morgan fingerprint density at radius 3 is 2.12 bits per heavy atom. The van der Waals surface area contributed by atoms with E-state index in [0.29, 0.717) is 0 Å². The van der Waals surface area contributed by atoms with Crippen LogP contribution in [0.3, 0.4) is 0 Å². The van der Waals surface area contributed by atoms with Crippen LogP contribution in [0.25, 0.3) is 0 Å². The van der Waals surface area contributed by atoms with Crippen molar-refractivity contribution in [1.82, 2.24) is 0 Å². The molecule has 0 radical (unpaired) electrons. The van der Waals surface area contributed by atoms with Crippen molar-refractivity contribution in [3.8, 4) is 0 Å². The Labute approximate surface area is 106 Å². The van der Waals surface area contributed by atoms with Crippen molar-refractivity contribution in [1.29, 1.82) is 0 Å². The van der Waals surface area contributed by atoms with Crippen molar-refractivity contribution in [2.45, 2.75) is 40.5 Å². The van der Waals surface area contributed by atoms with Gasteiger partial charge in [-0.25, -0.2) is 0 Å². The van der Waals surface area contributed by atoms with Gasteiger partial charge in [0, 0.05) is 25.3 Å². The SMILES string of the molecule is CCCCN(CCN)c1c(C)cc(C)cc1C. The van der Waals surface area contributed by atoms with Gasteiger partial charge < -0.3 is 10.6 Å². The van der Waals surface area contributed by atoms with Crippen molar-refractivity contribution >= 4 is 5.69 Å². The summed E-state index contributed by atoms with van der Waals surface area (Å²) in [6.07, 6.45) is 2.46. The van der Waals surface area contributed by atoms with E-state index in [4.69, 9.17) is 5.73 Å². The Kier molecular flexibility index (Phi) is 5.49. The maximum Gasteiger partial charge on any atom is 0.0426 e. The molecule has 0 unspecified atom stereocenters. The van der Waals surface area contributed by atoms with Crippen LogP contribution in [0.1, 0.15) is 36.5 Å². The molecular formula is C15H26N2. The van der Waals surface area contributed by atoms with Gasteiger partial charge in [0.1, 0.15) is 0 Å². The van der Waals surface area contributed by atoms with E-state index < -0.39 is 0 Å². The third kappa shape index (κ3) is 3.74. The molecule has 0 fully saturated rings. The highest BCUT2D eigenvalue weighted by molar-refractivity contribution is 5.60. The lowest BCUT2D eigenvalue weighted by Crippen LogP contribution is -2.31. The zero-order valence-corrected chi connectivity index (χ0v) is 11.7. The van der Waals surface area contributed by atoms with Crippen molar-refractivity contribution in [2.75, 3.05) is 24.5 Å². The van der Waals surface area contributed by atoms with E-state index in [0.717, 1.165) is 19.6 Å². The van der Waals surface area contributed by atoms with Crippen molar-refractivity contribution in [3.05, 3.63) is 28.8 Å². The molecule has 2 N–H and O–H groups in total. The number of nitrogens with two attached hydrogens (primary N) is 1. The molecule has 0 heterocycles. The second kappa shape index (κ2) is 6.65. The van der Waals surface area contributed by atoms with Crippen LogP contribution >= 0.6 is 0 Å². The van der Waals surface area contributed by atoms with Crippen LogP contribution in [-0.4, -0.2) is 19.6 Å². The quantitative estimate of drug-likeness (QED) is 0.819. The first-order valence-electron chi connectivity index (χ1n) is 6.63. The molecule has 0 spiro atoms. The highest BCUT2D eigenvalue weighted by Crippen LogP contribution is 2.26. The second-order valence-corrected chi connectivity index (χ2v) is 4.88. The van der Waals surface area contributed by atoms with Crippen LogP contribution in [0, 0.1) is 20.8 Å². The first kappa shape index (κ1) is 14.0. The van der Waals surface area contributed by atoms with E-state index in [1.807, 2.05) is 0 Å². The molecule has 0 aliphatic heterocycles. The van der Waals surface area contributed by atoms with Crippen LogP contribution in [0.2, 0.25) is 0 Å². The number of rotatable bonds is 6. The normalized spacial score (nSPS) is 10.6. The van der Waals surface area contributed by atoms with Gasteiger partial charge in [0.05, 0.1) is 0 Å². The molecule has 0 saturated heterocycles. The largest absolute Gasteiger partial charge is 0.370 e. The van der Waals surface area contributed by atoms with Gasteiger partial charge in [0.2, 0.25) is 0 Å². The van der Waals surface area contributed by atoms with Gasteiger partial charge in [0.25, 0.3) is 0 Å². The number of hydrogen-bond acceptors (Lipinski definition) is 2. The molecule has 1 aromatic carbocycles. The van der Waals surface area contributed by atoms with E-state index in [1.54, 1.807) is 0 Å². The van der Waals surface area contributed by atoms with Crippen molar-refractivity contribution < 1.29 is 0 Å². The predicted octanol–water partition coefficient (Wildman–Crippen LogP) is 3.18. The molecule has 1 aromatic rings. The minimum Gasteiger partial charge on any atom is -0.370 e. The van der Waals surface area contributed by atoms with Gasteiger partial charge in [-0.3, -0.25) is 0 Å². The average molecular weight is 234 g/mol. The maximum absolute atomic E-state index is 5.73. The highest BCUT2D eigenvalue weighted by atomic mass is 15.1. The van der Waals surface area contributed by atoms with Crippen molar-refractivity contribution in [2.24, 2.45) is 5.73 Å².